The number of nitrogens with one attached hydrogen (secondary N) is 1. The van der Waals surface area contributed by atoms with E-state index in [1.54, 1.807) is 0 Å². The molecule has 100 valence electrons. The molecule has 19 heavy (non-hydrogen) atoms. The van der Waals surface area contributed by atoms with Gasteiger partial charge in [0.15, 0.2) is 0 Å². The first-order valence-electron chi connectivity index (χ1n) is 6.39. The second-order valence-corrected chi connectivity index (χ2v) is 4.58. The van der Waals surface area contributed by atoms with Gasteiger partial charge in [-0.3, -0.25) is 0 Å². The Labute approximate surface area is 112 Å². The number of benzene rings is 2. The summed E-state index contributed by atoms with van der Waals surface area (Å²) in [7, 11) is 0. The van der Waals surface area contributed by atoms with Crippen LogP contribution in [-0.2, 0) is 6.42 Å². The molecule has 0 saturated heterocycles. The first-order valence-corrected chi connectivity index (χ1v) is 6.39. The van der Waals surface area contributed by atoms with Crippen molar-refractivity contribution in [1.82, 2.24) is 5.32 Å². The maximum Gasteiger partial charge on any atom is 0.130 e. The molecule has 1 atom stereocenters. The first kappa shape index (κ1) is 13.7. The molecule has 0 saturated carbocycles. The van der Waals surface area contributed by atoms with E-state index in [0.29, 0.717) is 5.56 Å². The van der Waals surface area contributed by atoms with Gasteiger partial charge in [-0.2, -0.15) is 0 Å². The highest BCUT2D eigenvalue weighted by molar-refractivity contribution is 5.21. The smallest absolute Gasteiger partial charge is 0.130 e. The lowest BCUT2D eigenvalue weighted by atomic mass is 10.1. The van der Waals surface area contributed by atoms with Crippen LogP contribution in [0.3, 0.4) is 0 Å². The van der Waals surface area contributed by atoms with E-state index in [2.05, 4.69) is 17.4 Å². The summed E-state index contributed by atoms with van der Waals surface area (Å²) < 4.78 is 26.4. The second-order valence-electron chi connectivity index (χ2n) is 4.58. The molecule has 2 aromatic rings. The Morgan fingerprint density at radius 1 is 1.05 bits per heavy atom. The summed E-state index contributed by atoms with van der Waals surface area (Å²) in [6, 6.07) is 13.7. The molecule has 1 N–H and O–H groups in total. The average Bonchev–Trinajstić information content (AvgIpc) is 2.39. The van der Waals surface area contributed by atoms with Crippen molar-refractivity contribution in [2.75, 3.05) is 6.54 Å². The van der Waals surface area contributed by atoms with Crippen molar-refractivity contribution in [2.24, 2.45) is 0 Å². The van der Waals surface area contributed by atoms with Gasteiger partial charge in [-0.15, -0.1) is 0 Å². The fourth-order valence-corrected chi connectivity index (χ4v) is 2.04. The minimum absolute atomic E-state index is 0.135. The predicted octanol–water partition coefficient (Wildman–Crippen LogP) is 3.86. The summed E-state index contributed by atoms with van der Waals surface area (Å²) in [6.45, 7) is 2.63. The Morgan fingerprint density at radius 3 is 2.47 bits per heavy atom. The molecule has 0 fully saturated rings. The number of hydrogen-bond acceptors (Lipinski definition) is 1. The van der Waals surface area contributed by atoms with Gasteiger partial charge in [0.1, 0.15) is 11.6 Å². The number of rotatable bonds is 5. The molecular formula is C16H17F2N. The number of halogens is 2. The van der Waals surface area contributed by atoms with Crippen LogP contribution in [0, 0.1) is 11.6 Å². The molecule has 1 unspecified atom stereocenters. The van der Waals surface area contributed by atoms with Gasteiger partial charge in [0.05, 0.1) is 0 Å². The fourth-order valence-electron chi connectivity index (χ4n) is 2.04. The van der Waals surface area contributed by atoms with Crippen molar-refractivity contribution < 1.29 is 8.78 Å². The lowest BCUT2D eigenvalue weighted by molar-refractivity contribution is 0.520. The average molecular weight is 261 g/mol. The molecule has 2 aromatic carbocycles. The molecular weight excluding hydrogens is 244 g/mol. The van der Waals surface area contributed by atoms with Crippen molar-refractivity contribution >= 4 is 0 Å². The third-order valence-electron chi connectivity index (χ3n) is 3.14. The van der Waals surface area contributed by atoms with Crippen molar-refractivity contribution in [3.63, 3.8) is 0 Å². The Morgan fingerprint density at radius 2 is 1.79 bits per heavy atom. The quantitative estimate of drug-likeness (QED) is 0.861. The molecule has 0 radical (unpaired) electrons. The normalized spacial score (nSPS) is 12.4. The molecule has 0 bridgehead atoms. The van der Waals surface area contributed by atoms with Crippen molar-refractivity contribution in [1.29, 1.82) is 0 Å². The minimum Gasteiger partial charge on any atom is -0.310 e. The lowest BCUT2D eigenvalue weighted by Gasteiger charge is -2.15. The molecule has 3 heteroatoms. The van der Waals surface area contributed by atoms with Crippen LogP contribution in [0.15, 0.2) is 48.5 Å². The molecule has 0 aromatic heterocycles. The van der Waals surface area contributed by atoms with E-state index in [4.69, 9.17) is 0 Å². The Bertz CT molecular complexity index is 526. The Balaban J connectivity index is 1.89. The maximum absolute atomic E-state index is 13.6. The maximum atomic E-state index is 13.6. The molecule has 0 heterocycles. The van der Waals surface area contributed by atoms with E-state index in [9.17, 15) is 8.78 Å². The summed E-state index contributed by atoms with van der Waals surface area (Å²) in [6.07, 6.45) is 0.883. The summed E-state index contributed by atoms with van der Waals surface area (Å²) in [5, 5.41) is 3.25. The van der Waals surface area contributed by atoms with Crippen LogP contribution >= 0.6 is 0 Å². The van der Waals surface area contributed by atoms with Crippen LogP contribution in [0.5, 0.6) is 0 Å². The van der Waals surface area contributed by atoms with Gasteiger partial charge in [0.2, 0.25) is 0 Å². The fraction of sp³-hybridized carbons (Fsp3) is 0.250. The Hall–Kier alpha value is -1.74. The van der Waals surface area contributed by atoms with Gasteiger partial charge in [-0.25, -0.2) is 8.78 Å². The molecule has 0 aliphatic heterocycles. The van der Waals surface area contributed by atoms with Gasteiger partial charge in [-0.1, -0.05) is 36.4 Å². The van der Waals surface area contributed by atoms with Crippen LogP contribution in [0.1, 0.15) is 24.1 Å². The summed E-state index contributed by atoms with van der Waals surface area (Å²) in [5.41, 5.74) is 1.73. The van der Waals surface area contributed by atoms with E-state index in [1.807, 2.05) is 25.1 Å². The van der Waals surface area contributed by atoms with Gasteiger partial charge in [0, 0.05) is 17.7 Å². The largest absolute Gasteiger partial charge is 0.310 e. The van der Waals surface area contributed by atoms with Crippen LogP contribution in [0.25, 0.3) is 0 Å². The SMILES string of the molecule is CC(NCCc1ccccc1)c1ccc(F)cc1F. The van der Waals surface area contributed by atoms with E-state index < -0.39 is 11.6 Å². The van der Waals surface area contributed by atoms with Crippen molar-refractivity contribution in [2.45, 2.75) is 19.4 Å². The van der Waals surface area contributed by atoms with E-state index in [-0.39, 0.29) is 6.04 Å². The molecule has 0 aliphatic carbocycles. The van der Waals surface area contributed by atoms with Gasteiger partial charge < -0.3 is 5.32 Å². The zero-order chi connectivity index (χ0) is 13.7. The molecule has 1 nitrogen and oxygen atoms in total. The molecule has 0 amide bonds. The summed E-state index contributed by atoms with van der Waals surface area (Å²) in [4.78, 5) is 0. The highest BCUT2D eigenvalue weighted by atomic mass is 19.1. The number of hydrogen-bond donors (Lipinski definition) is 1. The monoisotopic (exact) mass is 261 g/mol. The van der Waals surface area contributed by atoms with Gasteiger partial charge >= 0.3 is 0 Å². The van der Waals surface area contributed by atoms with Crippen molar-refractivity contribution in [3.05, 3.63) is 71.3 Å². The second kappa shape index (κ2) is 6.43. The minimum atomic E-state index is -0.544. The molecule has 0 aliphatic rings. The predicted molar refractivity (Wildman–Crippen MR) is 72.9 cm³/mol. The van der Waals surface area contributed by atoms with Gasteiger partial charge in [-0.05, 0) is 31.5 Å². The summed E-state index contributed by atoms with van der Waals surface area (Å²) >= 11 is 0. The third-order valence-corrected chi connectivity index (χ3v) is 3.14. The Kier molecular flexibility index (Phi) is 4.63. The van der Waals surface area contributed by atoms with Crippen LogP contribution in [-0.4, -0.2) is 6.54 Å². The molecule has 2 rings (SSSR count). The van der Waals surface area contributed by atoms with Gasteiger partial charge in [0.25, 0.3) is 0 Å². The zero-order valence-electron chi connectivity index (χ0n) is 10.9. The topological polar surface area (TPSA) is 12.0 Å². The van der Waals surface area contributed by atoms with E-state index in [1.165, 1.54) is 17.7 Å². The van der Waals surface area contributed by atoms with Crippen molar-refractivity contribution in [3.8, 4) is 0 Å². The highest BCUT2D eigenvalue weighted by Gasteiger charge is 2.10. The summed E-state index contributed by atoms with van der Waals surface area (Å²) in [5.74, 6) is -1.04. The third kappa shape index (κ3) is 3.86. The van der Waals surface area contributed by atoms with Crippen LogP contribution in [0.4, 0.5) is 8.78 Å². The van der Waals surface area contributed by atoms with Crippen LogP contribution in [0.2, 0.25) is 0 Å². The first-order chi connectivity index (χ1) is 9.16. The molecule has 0 spiro atoms. The standard InChI is InChI=1S/C16H17F2N/c1-12(15-8-7-14(17)11-16(15)18)19-10-9-13-5-3-2-4-6-13/h2-8,11-12,19H,9-10H2,1H3. The van der Waals surface area contributed by atoms with E-state index >= 15 is 0 Å². The zero-order valence-corrected chi connectivity index (χ0v) is 10.9. The highest BCUT2D eigenvalue weighted by Crippen LogP contribution is 2.17. The van der Waals surface area contributed by atoms with Crippen LogP contribution < -0.4 is 5.32 Å². The lowest BCUT2D eigenvalue weighted by Crippen LogP contribution is -2.22. The van der Waals surface area contributed by atoms with E-state index in [0.717, 1.165) is 19.0 Å².